The minimum atomic E-state index is -0.431. The van der Waals surface area contributed by atoms with E-state index in [1.807, 2.05) is 25.1 Å². The Labute approximate surface area is 129 Å². The van der Waals surface area contributed by atoms with Crippen LogP contribution >= 0.6 is 27.7 Å². The Kier molecular flexibility index (Phi) is 5.57. The third-order valence-corrected chi connectivity index (χ3v) is 4.35. The van der Waals surface area contributed by atoms with Crippen LogP contribution in [-0.2, 0) is 6.54 Å². The van der Waals surface area contributed by atoms with Gasteiger partial charge in [0.1, 0.15) is 11.6 Å². The van der Waals surface area contributed by atoms with E-state index < -0.39 is 11.6 Å². The first-order valence-corrected chi connectivity index (χ1v) is 7.83. The maximum atomic E-state index is 13.7. The quantitative estimate of drug-likeness (QED) is 0.808. The number of hydrogen-bond donors (Lipinski definition) is 1. The molecule has 0 atom stereocenters. The van der Waals surface area contributed by atoms with E-state index in [0.717, 1.165) is 33.6 Å². The molecule has 0 aliphatic heterocycles. The molecule has 0 fully saturated rings. The van der Waals surface area contributed by atoms with Gasteiger partial charge in [-0.25, -0.2) is 8.78 Å². The van der Waals surface area contributed by atoms with Crippen LogP contribution < -0.4 is 5.32 Å². The molecule has 2 aromatic rings. The second-order valence-electron chi connectivity index (χ2n) is 4.21. The maximum absolute atomic E-state index is 13.7. The fourth-order valence-electron chi connectivity index (χ4n) is 1.72. The number of rotatable bonds is 5. The minimum Gasteiger partial charge on any atom is -0.313 e. The van der Waals surface area contributed by atoms with Crippen LogP contribution in [-0.4, -0.2) is 6.54 Å². The SMILES string of the molecule is CCNCc1cc(Br)ccc1Sc1cc(F)ccc1F. The van der Waals surface area contributed by atoms with Crippen molar-refractivity contribution in [1.82, 2.24) is 5.32 Å². The van der Waals surface area contributed by atoms with Crippen molar-refractivity contribution in [2.75, 3.05) is 6.54 Å². The minimum absolute atomic E-state index is 0.296. The van der Waals surface area contributed by atoms with E-state index in [0.29, 0.717) is 11.4 Å². The zero-order valence-electron chi connectivity index (χ0n) is 10.9. The van der Waals surface area contributed by atoms with Gasteiger partial charge in [-0.2, -0.15) is 0 Å². The molecule has 2 rings (SSSR count). The van der Waals surface area contributed by atoms with Gasteiger partial charge < -0.3 is 5.32 Å². The van der Waals surface area contributed by atoms with Gasteiger partial charge in [0.05, 0.1) is 4.90 Å². The predicted molar refractivity (Wildman–Crippen MR) is 82.0 cm³/mol. The van der Waals surface area contributed by atoms with Gasteiger partial charge in [-0.3, -0.25) is 0 Å². The number of hydrogen-bond acceptors (Lipinski definition) is 2. The summed E-state index contributed by atoms with van der Waals surface area (Å²) in [4.78, 5) is 1.21. The van der Waals surface area contributed by atoms with E-state index >= 15 is 0 Å². The topological polar surface area (TPSA) is 12.0 Å². The molecule has 0 aromatic heterocycles. The largest absolute Gasteiger partial charge is 0.313 e. The molecule has 20 heavy (non-hydrogen) atoms. The molecule has 0 bridgehead atoms. The molecule has 106 valence electrons. The fourth-order valence-corrected chi connectivity index (χ4v) is 3.10. The Morgan fingerprint density at radius 1 is 1.10 bits per heavy atom. The Morgan fingerprint density at radius 3 is 2.65 bits per heavy atom. The molecule has 0 aliphatic rings. The van der Waals surface area contributed by atoms with Crippen molar-refractivity contribution in [2.45, 2.75) is 23.3 Å². The average Bonchev–Trinajstić information content (AvgIpc) is 2.43. The zero-order valence-corrected chi connectivity index (χ0v) is 13.3. The molecule has 0 heterocycles. The van der Waals surface area contributed by atoms with E-state index in [-0.39, 0.29) is 0 Å². The molecule has 1 N–H and O–H groups in total. The third-order valence-electron chi connectivity index (χ3n) is 2.70. The highest BCUT2D eigenvalue weighted by Crippen LogP contribution is 2.34. The van der Waals surface area contributed by atoms with E-state index in [9.17, 15) is 8.78 Å². The van der Waals surface area contributed by atoms with Gasteiger partial charge in [-0.05, 0) is 48.5 Å². The second kappa shape index (κ2) is 7.20. The van der Waals surface area contributed by atoms with Crippen LogP contribution in [0.15, 0.2) is 50.7 Å². The zero-order chi connectivity index (χ0) is 14.5. The van der Waals surface area contributed by atoms with Gasteiger partial charge in [0.25, 0.3) is 0 Å². The van der Waals surface area contributed by atoms with Gasteiger partial charge in [0, 0.05) is 15.9 Å². The molecule has 0 unspecified atom stereocenters. The lowest BCUT2D eigenvalue weighted by molar-refractivity contribution is 0.577. The van der Waals surface area contributed by atoms with Crippen molar-refractivity contribution in [3.63, 3.8) is 0 Å². The summed E-state index contributed by atoms with van der Waals surface area (Å²) in [5, 5.41) is 3.24. The Hall–Kier alpha value is -0.910. The van der Waals surface area contributed by atoms with Crippen LogP contribution in [0.25, 0.3) is 0 Å². The smallest absolute Gasteiger partial charge is 0.137 e. The first kappa shape index (κ1) is 15.5. The summed E-state index contributed by atoms with van der Waals surface area (Å²) >= 11 is 4.67. The van der Waals surface area contributed by atoms with Gasteiger partial charge in [-0.15, -0.1) is 0 Å². The molecule has 0 spiro atoms. The highest BCUT2D eigenvalue weighted by molar-refractivity contribution is 9.10. The molecule has 5 heteroatoms. The first-order chi connectivity index (χ1) is 9.60. The van der Waals surface area contributed by atoms with Crippen LogP contribution in [0.3, 0.4) is 0 Å². The second-order valence-corrected chi connectivity index (χ2v) is 6.21. The van der Waals surface area contributed by atoms with Crippen molar-refractivity contribution in [3.05, 3.63) is 58.1 Å². The van der Waals surface area contributed by atoms with E-state index in [2.05, 4.69) is 21.2 Å². The monoisotopic (exact) mass is 357 g/mol. The number of benzene rings is 2. The average molecular weight is 358 g/mol. The van der Waals surface area contributed by atoms with Crippen LogP contribution in [0.2, 0.25) is 0 Å². The standard InChI is InChI=1S/C15H14BrF2NS/c1-2-19-9-10-7-11(16)3-6-14(10)20-15-8-12(17)4-5-13(15)18/h3-8,19H,2,9H2,1H3. The predicted octanol–water partition coefficient (Wildman–Crippen LogP) is 4.99. The first-order valence-electron chi connectivity index (χ1n) is 6.22. The van der Waals surface area contributed by atoms with E-state index in [4.69, 9.17) is 0 Å². The van der Waals surface area contributed by atoms with Gasteiger partial charge >= 0.3 is 0 Å². The fraction of sp³-hybridized carbons (Fsp3) is 0.200. The highest BCUT2D eigenvalue weighted by atomic mass is 79.9. The molecule has 1 nitrogen and oxygen atoms in total. The summed E-state index contributed by atoms with van der Waals surface area (Å²) < 4.78 is 27.9. The summed E-state index contributed by atoms with van der Waals surface area (Å²) in [6.07, 6.45) is 0. The van der Waals surface area contributed by atoms with Crippen molar-refractivity contribution in [3.8, 4) is 0 Å². The van der Waals surface area contributed by atoms with Gasteiger partial charge in [0.2, 0.25) is 0 Å². The Morgan fingerprint density at radius 2 is 1.90 bits per heavy atom. The third kappa shape index (κ3) is 4.04. The summed E-state index contributed by atoms with van der Waals surface area (Å²) in [6, 6.07) is 9.29. The molecular weight excluding hydrogens is 344 g/mol. The molecule has 2 aromatic carbocycles. The number of halogens is 3. The Bertz CT molecular complexity index is 604. The lowest BCUT2D eigenvalue weighted by atomic mass is 10.2. The van der Waals surface area contributed by atoms with E-state index in [1.165, 1.54) is 17.8 Å². The Balaban J connectivity index is 2.30. The van der Waals surface area contributed by atoms with Crippen LogP contribution in [0.1, 0.15) is 12.5 Å². The summed E-state index contributed by atoms with van der Waals surface area (Å²) in [7, 11) is 0. The van der Waals surface area contributed by atoms with Gasteiger partial charge in [0.15, 0.2) is 0 Å². The summed E-state index contributed by atoms with van der Waals surface area (Å²) in [5.74, 6) is -0.840. The summed E-state index contributed by atoms with van der Waals surface area (Å²) in [5.41, 5.74) is 1.05. The molecule has 0 radical (unpaired) electrons. The number of nitrogens with one attached hydrogen (secondary N) is 1. The van der Waals surface area contributed by atoms with E-state index in [1.54, 1.807) is 0 Å². The summed E-state index contributed by atoms with van der Waals surface area (Å²) in [6.45, 7) is 3.57. The normalized spacial score (nSPS) is 10.8. The van der Waals surface area contributed by atoms with Crippen molar-refractivity contribution in [1.29, 1.82) is 0 Å². The van der Waals surface area contributed by atoms with Crippen molar-refractivity contribution in [2.24, 2.45) is 0 Å². The van der Waals surface area contributed by atoms with Gasteiger partial charge in [-0.1, -0.05) is 34.6 Å². The van der Waals surface area contributed by atoms with Crippen molar-refractivity contribution >= 4 is 27.7 Å². The van der Waals surface area contributed by atoms with Crippen LogP contribution in [0, 0.1) is 11.6 Å². The molecule has 0 amide bonds. The van der Waals surface area contributed by atoms with Crippen molar-refractivity contribution < 1.29 is 8.78 Å². The van der Waals surface area contributed by atoms with Crippen LogP contribution in [0.5, 0.6) is 0 Å². The van der Waals surface area contributed by atoms with Crippen LogP contribution in [0.4, 0.5) is 8.78 Å². The molecule has 0 saturated carbocycles. The lowest BCUT2D eigenvalue weighted by Gasteiger charge is -2.11. The molecule has 0 aliphatic carbocycles. The highest BCUT2D eigenvalue weighted by Gasteiger charge is 2.10. The molecule has 0 saturated heterocycles. The maximum Gasteiger partial charge on any atom is 0.137 e. The lowest BCUT2D eigenvalue weighted by Crippen LogP contribution is -2.12. The molecular formula is C15H14BrF2NS.